The molecule has 1 unspecified atom stereocenters. The molecule has 0 bridgehead atoms. The maximum atomic E-state index is 4.45. The Labute approximate surface area is 132 Å². The van der Waals surface area contributed by atoms with Crippen LogP contribution in [-0.2, 0) is 13.5 Å². The lowest BCUT2D eigenvalue weighted by molar-refractivity contribution is 0.512. The van der Waals surface area contributed by atoms with Gasteiger partial charge in [0.05, 0.1) is 5.69 Å². The minimum Gasteiger partial charge on any atom is -0.310 e. The Morgan fingerprint density at radius 2 is 2.00 bits per heavy atom. The third kappa shape index (κ3) is 4.35. The van der Waals surface area contributed by atoms with Crippen molar-refractivity contribution in [2.45, 2.75) is 37.6 Å². The van der Waals surface area contributed by atoms with E-state index in [-0.39, 0.29) is 0 Å². The van der Waals surface area contributed by atoms with E-state index in [4.69, 9.17) is 0 Å². The van der Waals surface area contributed by atoms with Crippen LogP contribution in [0.5, 0.6) is 0 Å². The van der Waals surface area contributed by atoms with E-state index >= 15 is 0 Å². The molecule has 0 aliphatic heterocycles. The standard InChI is InChI=1S/C17H25N3S/c1-5-10-18-17(12-15-11-13(2)19-20(15)3)14-6-8-16(21-4)9-7-14/h6-9,11,17-18H,5,10,12H2,1-4H3. The van der Waals surface area contributed by atoms with Crippen LogP contribution in [0.1, 0.15) is 36.3 Å². The van der Waals surface area contributed by atoms with Gasteiger partial charge in [-0.25, -0.2) is 0 Å². The van der Waals surface area contributed by atoms with Crippen LogP contribution in [0.4, 0.5) is 0 Å². The number of aromatic nitrogens is 2. The molecule has 4 heteroatoms. The van der Waals surface area contributed by atoms with E-state index in [2.05, 4.69) is 53.9 Å². The molecule has 0 radical (unpaired) electrons. The molecule has 0 spiro atoms. The molecule has 1 aromatic carbocycles. The average molecular weight is 303 g/mol. The van der Waals surface area contributed by atoms with Gasteiger partial charge in [0.1, 0.15) is 0 Å². The number of thioether (sulfide) groups is 1. The molecule has 0 aliphatic carbocycles. The maximum Gasteiger partial charge on any atom is 0.0596 e. The van der Waals surface area contributed by atoms with Gasteiger partial charge in [-0.1, -0.05) is 19.1 Å². The highest BCUT2D eigenvalue weighted by molar-refractivity contribution is 7.98. The second-order valence-electron chi connectivity index (χ2n) is 5.38. The number of nitrogens with one attached hydrogen (secondary N) is 1. The van der Waals surface area contributed by atoms with E-state index in [9.17, 15) is 0 Å². The lowest BCUT2D eigenvalue weighted by Gasteiger charge is -2.19. The number of rotatable bonds is 7. The van der Waals surface area contributed by atoms with Crippen molar-refractivity contribution in [3.05, 3.63) is 47.3 Å². The van der Waals surface area contributed by atoms with E-state index < -0.39 is 0 Å². The first kappa shape index (κ1) is 16.1. The Kier molecular flexibility index (Phi) is 5.88. The first-order chi connectivity index (χ1) is 10.1. The molecule has 0 amide bonds. The monoisotopic (exact) mass is 303 g/mol. The number of aryl methyl sites for hydroxylation is 2. The van der Waals surface area contributed by atoms with Crippen molar-refractivity contribution in [3.8, 4) is 0 Å². The Hall–Kier alpha value is -1.26. The smallest absolute Gasteiger partial charge is 0.0596 e. The first-order valence-corrected chi connectivity index (χ1v) is 8.73. The van der Waals surface area contributed by atoms with Crippen molar-refractivity contribution < 1.29 is 0 Å². The molecular weight excluding hydrogens is 278 g/mol. The zero-order chi connectivity index (χ0) is 15.2. The largest absolute Gasteiger partial charge is 0.310 e. The molecule has 1 heterocycles. The minimum atomic E-state index is 0.343. The minimum absolute atomic E-state index is 0.343. The van der Waals surface area contributed by atoms with Gasteiger partial charge in [0.2, 0.25) is 0 Å². The Morgan fingerprint density at radius 1 is 1.29 bits per heavy atom. The van der Waals surface area contributed by atoms with Gasteiger partial charge in [-0.3, -0.25) is 4.68 Å². The topological polar surface area (TPSA) is 29.9 Å². The molecule has 2 rings (SSSR count). The molecule has 1 atom stereocenters. The van der Waals surface area contributed by atoms with Crippen molar-refractivity contribution in [2.24, 2.45) is 7.05 Å². The Balaban J connectivity index is 2.18. The van der Waals surface area contributed by atoms with Crippen molar-refractivity contribution in [1.29, 1.82) is 0 Å². The van der Waals surface area contributed by atoms with Crippen molar-refractivity contribution in [2.75, 3.05) is 12.8 Å². The maximum absolute atomic E-state index is 4.45. The van der Waals surface area contributed by atoms with Gasteiger partial charge in [-0.05, 0) is 49.9 Å². The lowest BCUT2D eigenvalue weighted by atomic mass is 10.0. The molecule has 3 nitrogen and oxygen atoms in total. The third-order valence-corrected chi connectivity index (χ3v) is 4.41. The molecule has 0 saturated carbocycles. The van der Waals surface area contributed by atoms with Crippen LogP contribution < -0.4 is 5.32 Å². The second-order valence-corrected chi connectivity index (χ2v) is 6.26. The SMILES string of the molecule is CCCNC(Cc1cc(C)nn1C)c1ccc(SC)cc1. The Bertz CT molecular complexity index is 560. The fourth-order valence-corrected chi connectivity index (χ4v) is 2.94. The van der Waals surface area contributed by atoms with Crippen LogP contribution in [0, 0.1) is 6.92 Å². The summed E-state index contributed by atoms with van der Waals surface area (Å²) >= 11 is 1.78. The van der Waals surface area contributed by atoms with Crippen LogP contribution in [0.3, 0.4) is 0 Å². The lowest BCUT2D eigenvalue weighted by Crippen LogP contribution is -2.24. The summed E-state index contributed by atoms with van der Waals surface area (Å²) in [5.74, 6) is 0. The fraction of sp³-hybridized carbons (Fsp3) is 0.471. The normalized spacial score (nSPS) is 12.6. The second kappa shape index (κ2) is 7.66. The van der Waals surface area contributed by atoms with Gasteiger partial charge >= 0.3 is 0 Å². The van der Waals surface area contributed by atoms with E-state index in [1.54, 1.807) is 11.8 Å². The fourth-order valence-electron chi connectivity index (χ4n) is 2.53. The highest BCUT2D eigenvalue weighted by Crippen LogP contribution is 2.22. The average Bonchev–Trinajstić information content (AvgIpc) is 2.81. The summed E-state index contributed by atoms with van der Waals surface area (Å²) < 4.78 is 1.99. The van der Waals surface area contributed by atoms with Crippen LogP contribution in [0.25, 0.3) is 0 Å². The predicted molar refractivity (Wildman–Crippen MR) is 90.9 cm³/mol. The van der Waals surface area contributed by atoms with Gasteiger partial charge < -0.3 is 5.32 Å². The molecule has 1 N–H and O–H groups in total. The zero-order valence-corrected chi connectivity index (χ0v) is 14.2. The van der Waals surface area contributed by atoms with Gasteiger partial charge in [0, 0.05) is 30.1 Å². The van der Waals surface area contributed by atoms with E-state index in [0.717, 1.165) is 25.1 Å². The highest BCUT2D eigenvalue weighted by atomic mass is 32.2. The highest BCUT2D eigenvalue weighted by Gasteiger charge is 2.14. The van der Waals surface area contributed by atoms with E-state index in [1.807, 2.05) is 18.7 Å². The van der Waals surface area contributed by atoms with E-state index in [0.29, 0.717) is 6.04 Å². The predicted octanol–water partition coefficient (Wildman–Crippen LogP) is 3.73. The van der Waals surface area contributed by atoms with Gasteiger partial charge in [0.15, 0.2) is 0 Å². The summed E-state index contributed by atoms with van der Waals surface area (Å²) in [6.45, 7) is 5.28. The van der Waals surface area contributed by atoms with Gasteiger partial charge in [-0.15, -0.1) is 11.8 Å². The van der Waals surface area contributed by atoms with Crippen LogP contribution in [0.15, 0.2) is 35.2 Å². The number of hydrogen-bond acceptors (Lipinski definition) is 3. The molecular formula is C17H25N3S. The molecule has 1 aromatic heterocycles. The van der Waals surface area contributed by atoms with Gasteiger partial charge in [0.25, 0.3) is 0 Å². The molecule has 0 saturated heterocycles. The Morgan fingerprint density at radius 3 is 2.52 bits per heavy atom. The summed E-state index contributed by atoms with van der Waals surface area (Å²) in [4.78, 5) is 1.31. The van der Waals surface area contributed by atoms with Crippen molar-refractivity contribution in [1.82, 2.24) is 15.1 Å². The molecule has 114 valence electrons. The summed E-state index contributed by atoms with van der Waals surface area (Å²) in [6, 6.07) is 11.4. The molecule has 0 aliphatic rings. The van der Waals surface area contributed by atoms with Crippen molar-refractivity contribution in [3.63, 3.8) is 0 Å². The summed E-state index contributed by atoms with van der Waals surface area (Å²) in [5.41, 5.74) is 3.70. The number of benzene rings is 1. The summed E-state index contributed by atoms with van der Waals surface area (Å²) in [6.07, 6.45) is 4.22. The number of nitrogens with zero attached hydrogens (tertiary/aromatic N) is 2. The van der Waals surface area contributed by atoms with Crippen LogP contribution >= 0.6 is 11.8 Å². The number of hydrogen-bond donors (Lipinski definition) is 1. The summed E-state index contributed by atoms with van der Waals surface area (Å²) in [7, 11) is 2.02. The van der Waals surface area contributed by atoms with Gasteiger partial charge in [-0.2, -0.15) is 5.10 Å². The first-order valence-electron chi connectivity index (χ1n) is 7.51. The zero-order valence-electron chi connectivity index (χ0n) is 13.4. The quantitative estimate of drug-likeness (QED) is 0.790. The summed E-state index contributed by atoms with van der Waals surface area (Å²) in [5, 5.41) is 8.11. The van der Waals surface area contributed by atoms with Crippen molar-refractivity contribution >= 4 is 11.8 Å². The molecule has 0 fully saturated rings. The molecule has 2 aromatic rings. The van der Waals surface area contributed by atoms with Crippen LogP contribution in [0.2, 0.25) is 0 Å². The van der Waals surface area contributed by atoms with Crippen LogP contribution in [-0.4, -0.2) is 22.6 Å². The van der Waals surface area contributed by atoms with E-state index in [1.165, 1.54) is 16.2 Å². The third-order valence-electron chi connectivity index (χ3n) is 3.67. The molecule has 21 heavy (non-hydrogen) atoms.